The number of nitro benzene ring substituents is 1. The van der Waals surface area contributed by atoms with Crippen molar-refractivity contribution in [2.75, 3.05) is 12.5 Å². The fourth-order valence-electron chi connectivity index (χ4n) is 3.01. The summed E-state index contributed by atoms with van der Waals surface area (Å²) >= 11 is 1.42. The second-order valence-electron chi connectivity index (χ2n) is 6.84. The van der Waals surface area contributed by atoms with Crippen molar-refractivity contribution in [3.63, 3.8) is 0 Å². The molecule has 0 atom stereocenters. The van der Waals surface area contributed by atoms with E-state index in [9.17, 15) is 14.9 Å². The lowest BCUT2D eigenvalue weighted by atomic mass is 10.1. The van der Waals surface area contributed by atoms with Crippen molar-refractivity contribution in [3.05, 3.63) is 99.4 Å². The summed E-state index contributed by atoms with van der Waals surface area (Å²) in [6, 6.07) is 20.6. The van der Waals surface area contributed by atoms with Gasteiger partial charge in [0.1, 0.15) is 17.1 Å². The SMILES string of the molecule is COC(=O)c1cc([N+](=O)[O-])ccc1Oc1ccccc1C=NNc1nc(-c2ccccc2)cs1. The van der Waals surface area contributed by atoms with Crippen LogP contribution in [0.5, 0.6) is 11.5 Å². The third-order valence-electron chi connectivity index (χ3n) is 4.66. The largest absolute Gasteiger partial charge is 0.465 e. The maximum absolute atomic E-state index is 12.2. The Labute approximate surface area is 198 Å². The van der Waals surface area contributed by atoms with Gasteiger partial charge in [-0.3, -0.25) is 15.5 Å². The number of nitrogens with zero attached hydrogens (tertiary/aromatic N) is 3. The van der Waals surface area contributed by atoms with Crippen LogP contribution in [0.3, 0.4) is 0 Å². The summed E-state index contributed by atoms with van der Waals surface area (Å²) in [6.45, 7) is 0. The number of hydrazone groups is 1. The maximum Gasteiger partial charge on any atom is 0.341 e. The topological polar surface area (TPSA) is 116 Å². The Hall–Kier alpha value is -4.57. The molecule has 34 heavy (non-hydrogen) atoms. The second-order valence-corrected chi connectivity index (χ2v) is 7.70. The molecule has 1 N–H and O–H groups in total. The second kappa shape index (κ2) is 10.4. The van der Waals surface area contributed by atoms with Gasteiger partial charge < -0.3 is 9.47 Å². The van der Waals surface area contributed by atoms with Crippen LogP contribution in [-0.2, 0) is 4.74 Å². The molecule has 0 fully saturated rings. The van der Waals surface area contributed by atoms with Crippen molar-refractivity contribution in [1.29, 1.82) is 0 Å². The van der Waals surface area contributed by atoms with Crippen molar-refractivity contribution in [3.8, 4) is 22.8 Å². The molecule has 0 aliphatic carbocycles. The lowest BCUT2D eigenvalue weighted by Crippen LogP contribution is -2.05. The van der Waals surface area contributed by atoms with Crippen LogP contribution >= 0.6 is 11.3 Å². The van der Waals surface area contributed by atoms with Gasteiger partial charge in [-0.1, -0.05) is 42.5 Å². The first-order valence-corrected chi connectivity index (χ1v) is 10.9. The Morgan fingerprint density at radius 3 is 2.62 bits per heavy atom. The minimum absolute atomic E-state index is 0.0576. The van der Waals surface area contributed by atoms with Gasteiger partial charge in [-0.05, 0) is 18.2 Å². The quantitative estimate of drug-likeness (QED) is 0.150. The first-order valence-electron chi connectivity index (χ1n) is 9.99. The molecule has 0 saturated carbocycles. The van der Waals surface area contributed by atoms with Crippen LogP contribution in [0.4, 0.5) is 10.8 Å². The number of para-hydroxylation sites is 1. The van der Waals surface area contributed by atoms with Gasteiger partial charge in [0.25, 0.3) is 5.69 Å². The number of carbonyl (C=O) groups excluding carboxylic acids is 1. The summed E-state index contributed by atoms with van der Waals surface area (Å²) < 4.78 is 10.7. The molecule has 0 spiro atoms. The van der Waals surface area contributed by atoms with Crippen LogP contribution in [0, 0.1) is 10.1 Å². The standard InChI is InChI=1S/C24H18N4O5S/c1-32-23(29)19-13-18(28(30)31)11-12-22(19)33-21-10-6-5-9-17(21)14-25-27-24-26-20(15-34-24)16-7-3-2-4-8-16/h2-15H,1H3,(H,26,27). The number of ether oxygens (including phenoxy) is 2. The van der Waals surface area contributed by atoms with Crippen LogP contribution in [0.2, 0.25) is 0 Å². The molecule has 4 aromatic rings. The third-order valence-corrected chi connectivity index (χ3v) is 5.40. The normalized spacial score (nSPS) is 10.7. The molecular weight excluding hydrogens is 456 g/mol. The van der Waals surface area contributed by atoms with Gasteiger partial charge in [0, 0.05) is 28.6 Å². The minimum atomic E-state index is -0.746. The molecule has 4 rings (SSSR count). The Bertz CT molecular complexity index is 1350. The summed E-state index contributed by atoms with van der Waals surface area (Å²) in [5.74, 6) is -0.223. The molecule has 0 aliphatic rings. The third kappa shape index (κ3) is 5.25. The molecule has 0 bridgehead atoms. The van der Waals surface area contributed by atoms with Gasteiger partial charge in [-0.25, -0.2) is 9.78 Å². The fraction of sp³-hybridized carbons (Fsp3) is 0.0417. The number of benzene rings is 3. The summed E-state index contributed by atoms with van der Waals surface area (Å²) in [4.78, 5) is 27.2. The van der Waals surface area contributed by atoms with Crippen LogP contribution in [0.1, 0.15) is 15.9 Å². The minimum Gasteiger partial charge on any atom is -0.465 e. The first kappa shape index (κ1) is 22.6. The van der Waals surface area contributed by atoms with Crippen molar-refractivity contribution >= 4 is 34.3 Å². The number of carbonyl (C=O) groups is 1. The Morgan fingerprint density at radius 1 is 1.09 bits per heavy atom. The molecule has 9 nitrogen and oxygen atoms in total. The number of methoxy groups -OCH3 is 1. The number of non-ortho nitro benzene ring substituents is 1. The average Bonchev–Trinajstić information content (AvgIpc) is 3.34. The number of nitro groups is 1. The van der Waals surface area contributed by atoms with Crippen molar-refractivity contribution in [1.82, 2.24) is 4.98 Å². The van der Waals surface area contributed by atoms with Crippen molar-refractivity contribution in [2.24, 2.45) is 5.10 Å². The van der Waals surface area contributed by atoms with E-state index in [0.717, 1.165) is 17.3 Å². The van der Waals surface area contributed by atoms with Gasteiger partial charge in [-0.2, -0.15) is 5.10 Å². The van der Waals surface area contributed by atoms with Gasteiger partial charge in [0.05, 0.1) is 23.9 Å². The number of anilines is 1. The summed E-state index contributed by atoms with van der Waals surface area (Å²) in [5.41, 5.74) is 5.08. The van der Waals surface area contributed by atoms with Crippen LogP contribution in [0.15, 0.2) is 83.3 Å². The molecule has 1 heterocycles. The van der Waals surface area contributed by atoms with E-state index in [1.165, 1.54) is 30.6 Å². The lowest BCUT2D eigenvalue weighted by Gasteiger charge is -2.11. The van der Waals surface area contributed by atoms with E-state index in [0.29, 0.717) is 16.4 Å². The zero-order chi connectivity index (χ0) is 23.9. The molecular formula is C24H18N4O5S. The van der Waals surface area contributed by atoms with E-state index in [-0.39, 0.29) is 17.0 Å². The van der Waals surface area contributed by atoms with Crippen molar-refractivity contribution in [2.45, 2.75) is 0 Å². The van der Waals surface area contributed by atoms with Gasteiger partial charge in [0.2, 0.25) is 5.13 Å². The van der Waals surface area contributed by atoms with Crippen molar-refractivity contribution < 1.29 is 19.2 Å². The van der Waals surface area contributed by atoms with Gasteiger partial charge in [0.15, 0.2) is 0 Å². The number of rotatable bonds is 8. The highest BCUT2D eigenvalue weighted by Gasteiger charge is 2.19. The number of hydrogen-bond acceptors (Lipinski definition) is 9. The summed E-state index contributed by atoms with van der Waals surface area (Å²) in [7, 11) is 1.19. The predicted molar refractivity (Wildman–Crippen MR) is 130 cm³/mol. The monoisotopic (exact) mass is 474 g/mol. The fourth-order valence-corrected chi connectivity index (χ4v) is 3.68. The molecule has 10 heteroatoms. The summed E-state index contributed by atoms with van der Waals surface area (Å²) in [6.07, 6.45) is 1.56. The summed E-state index contributed by atoms with van der Waals surface area (Å²) in [5, 5.41) is 17.9. The van der Waals surface area contributed by atoms with E-state index < -0.39 is 10.9 Å². The number of hydrogen-bond donors (Lipinski definition) is 1. The number of thiazole rings is 1. The first-order chi connectivity index (χ1) is 16.5. The maximum atomic E-state index is 12.2. The highest BCUT2D eigenvalue weighted by Crippen LogP contribution is 2.31. The number of aromatic nitrogens is 1. The highest BCUT2D eigenvalue weighted by molar-refractivity contribution is 7.14. The molecule has 0 amide bonds. The molecule has 0 aliphatic heterocycles. The molecule has 0 unspecified atom stereocenters. The highest BCUT2D eigenvalue weighted by atomic mass is 32.1. The van der Waals surface area contributed by atoms with Gasteiger partial charge in [-0.15, -0.1) is 11.3 Å². The zero-order valence-electron chi connectivity index (χ0n) is 17.9. The van der Waals surface area contributed by atoms with E-state index in [1.54, 1.807) is 24.4 Å². The van der Waals surface area contributed by atoms with E-state index in [2.05, 4.69) is 15.5 Å². The zero-order valence-corrected chi connectivity index (χ0v) is 18.7. The van der Waals surface area contributed by atoms with E-state index in [4.69, 9.17) is 9.47 Å². The molecule has 0 saturated heterocycles. The lowest BCUT2D eigenvalue weighted by molar-refractivity contribution is -0.384. The predicted octanol–water partition coefficient (Wildman–Crippen LogP) is 5.74. The molecule has 1 aromatic heterocycles. The average molecular weight is 474 g/mol. The van der Waals surface area contributed by atoms with E-state index in [1.807, 2.05) is 41.8 Å². The molecule has 3 aromatic carbocycles. The van der Waals surface area contributed by atoms with Crippen LogP contribution in [-0.4, -0.2) is 29.2 Å². The van der Waals surface area contributed by atoms with E-state index >= 15 is 0 Å². The molecule has 170 valence electrons. The number of esters is 1. The smallest absolute Gasteiger partial charge is 0.341 e. The Kier molecular flexibility index (Phi) is 6.89. The van der Waals surface area contributed by atoms with Gasteiger partial charge >= 0.3 is 5.97 Å². The Balaban J connectivity index is 1.53. The molecule has 0 radical (unpaired) electrons. The van der Waals surface area contributed by atoms with Crippen LogP contribution in [0.25, 0.3) is 11.3 Å². The Morgan fingerprint density at radius 2 is 1.85 bits per heavy atom. The number of nitrogens with one attached hydrogen (secondary N) is 1. The van der Waals surface area contributed by atoms with Crippen LogP contribution < -0.4 is 10.2 Å².